The lowest BCUT2D eigenvalue weighted by Gasteiger charge is -2.35. The molecule has 2 aromatic carbocycles. The summed E-state index contributed by atoms with van der Waals surface area (Å²) in [6, 6.07) is 15.3. The van der Waals surface area contributed by atoms with Crippen LogP contribution in [0.15, 0.2) is 54.0 Å². The Labute approximate surface area is 195 Å². The minimum atomic E-state index is 0.0528. The van der Waals surface area contributed by atoms with E-state index < -0.39 is 0 Å². The van der Waals surface area contributed by atoms with Crippen molar-refractivity contribution in [2.45, 2.75) is 6.92 Å². The number of nitrogens with one attached hydrogen (secondary N) is 1. The predicted octanol–water partition coefficient (Wildman–Crippen LogP) is 4.11. The fourth-order valence-corrected chi connectivity index (χ4v) is 4.58. The molecule has 0 saturated carbocycles. The molecular formula is C24H24N6O2S. The van der Waals surface area contributed by atoms with E-state index in [1.165, 1.54) is 0 Å². The Balaban J connectivity index is 1.25. The van der Waals surface area contributed by atoms with E-state index in [9.17, 15) is 4.79 Å². The van der Waals surface area contributed by atoms with E-state index in [4.69, 9.17) is 9.72 Å². The number of hydrogen-bond donors (Lipinski definition) is 1. The molecule has 1 aliphatic heterocycles. The highest BCUT2D eigenvalue weighted by Crippen LogP contribution is 2.23. The number of nitrogens with zero attached hydrogens (tertiary/aromatic N) is 5. The first kappa shape index (κ1) is 21.1. The molecule has 3 heterocycles. The van der Waals surface area contributed by atoms with Crippen LogP contribution in [0.1, 0.15) is 16.1 Å². The van der Waals surface area contributed by atoms with Crippen LogP contribution in [0.3, 0.4) is 0 Å². The number of methoxy groups -OCH3 is 1. The van der Waals surface area contributed by atoms with E-state index in [2.05, 4.69) is 20.2 Å². The first-order chi connectivity index (χ1) is 16.1. The number of carbonyl (C=O) groups is 1. The molecule has 0 bridgehead atoms. The van der Waals surface area contributed by atoms with E-state index in [-0.39, 0.29) is 5.91 Å². The van der Waals surface area contributed by atoms with Crippen molar-refractivity contribution in [1.82, 2.24) is 19.9 Å². The summed E-state index contributed by atoms with van der Waals surface area (Å²) < 4.78 is 6.25. The summed E-state index contributed by atoms with van der Waals surface area (Å²) in [7, 11) is 1.65. The molecule has 4 aromatic rings. The zero-order valence-electron chi connectivity index (χ0n) is 18.5. The molecule has 9 heteroatoms. The molecule has 1 fully saturated rings. The van der Waals surface area contributed by atoms with Crippen LogP contribution in [0.4, 0.5) is 17.5 Å². The van der Waals surface area contributed by atoms with Crippen LogP contribution >= 0.6 is 11.3 Å². The maximum Gasteiger partial charge on any atom is 0.254 e. The van der Waals surface area contributed by atoms with Crippen molar-refractivity contribution in [1.29, 1.82) is 0 Å². The van der Waals surface area contributed by atoms with Gasteiger partial charge in [-0.15, -0.1) is 11.3 Å². The lowest BCUT2D eigenvalue weighted by molar-refractivity contribution is 0.0746. The smallest absolute Gasteiger partial charge is 0.254 e. The zero-order chi connectivity index (χ0) is 22.8. The minimum absolute atomic E-state index is 0.0528. The molecule has 1 aliphatic rings. The van der Waals surface area contributed by atoms with Crippen molar-refractivity contribution < 1.29 is 9.53 Å². The topological polar surface area (TPSA) is 83.5 Å². The number of fused-ring (bicyclic) bond motifs is 1. The molecule has 0 atom stereocenters. The SMILES string of the molecule is COc1ccc(Nc2cc(C)nc(N3CCN(C(=O)c4ccc5ncsc5c4)CC3)n2)cc1. The maximum absolute atomic E-state index is 13.0. The summed E-state index contributed by atoms with van der Waals surface area (Å²) in [5.74, 6) is 2.26. The highest BCUT2D eigenvalue weighted by molar-refractivity contribution is 7.16. The molecule has 5 rings (SSSR count). The second kappa shape index (κ2) is 9.03. The number of benzene rings is 2. The van der Waals surface area contributed by atoms with Gasteiger partial charge < -0.3 is 19.9 Å². The monoisotopic (exact) mass is 460 g/mol. The van der Waals surface area contributed by atoms with Gasteiger partial charge in [-0.25, -0.2) is 9.97 Å². The van der Waals surface area contributed by atoms with Crippen LogP contribution in [0, 0.1) is 6.92 Å². The molecule has 0 unspecified atom stereocenters. The number of anilines is 3. The number of hydrogen-bond acceptors (Lipinski definition) is 8. The Morgan fingerprint density at radius 2 is 1.82 bits per heavy atom. The van der Waals surface area contributed by atoms with Crippen molar-refractivity contribution in [3.8, 4) is 5.75 Å². The van der Waals surface area contributed by atoms with Gasteiger partial charge in [0.1, 0.15) is 11.6 Å². The largest absolute Gasteiger partial charge is 0.497 e. The standard InChI is InChI=1S/C24H24N6O2S/c1-16-13-22(27-18-4-6-19(32-2)7-5-18)28-24(26-16)30-11-9-29(10-12-30)23(31)17-3-8-20-21(14-17)33-15-25-20/h3-8,13-15H,9-12H2,1-2H3,(H,26,27,28). The fourth-order valence-electron chi connectivity index (χ4n) is 3.86. The number of thiazole rings is 1. The van der Waals surface area contributed by atoms with Crippen LogP contribution < -0.4 is 15.0 Å². The minimum Gasteiger partial charge on any atom is -0.497 e. The molecule has 168 valence electrons. The molecule has 0 radical (unpaired) electrons. The van der Waals surface area contributed by atoms with Gasteiger partial charge in [0.05, 0.1) is 22.8 Å². The summed E-state index contributed by atoms with van der Waals surface area (Å²) in [5, 5.41) is 3.33. The van der Waals surface area contributed by atoms with Gasteiger partial charge in [-0.1, -0.05) is 0 Å². The zero-order valence-corrected chi connectivity index (χ0v) is 19.3. The third-order valence-electron chi connectivity index (χ3n) is 5.63. The van der Waals surface area contributed by atoms with Crippen LogP contribution in [-0.4, -0.2) is 59.0 Å². The van der Waals surface area contributed by atoms with E-state index in [0.717, 1.165) is 33.2 Å². The van der Waals surface area contributed by atoms with Crippen LogP contribution in [-0.2, 0) is 0 Å². The Kier molecular flexibility index (Phi) is 5.78. The van der Waals surface area contributed by atoms with Crippen LogP contribution in [0.2, 0.25) is 0 Å². The number of aromatic nitrogens is 3. The highest BCUT2D eigenvalue weighted by atomic mass is 32.1. The van der Waals surface area contributed by atoms with E-state index in [1.807, 2.05) is 60.4 Å². The molecule has 33 heavy (non-hydrogen) atoms. The van der Waals surface area contributed by atoms with Gasteiger partial charge in [0.2, 0.25) is 5.95 Å². The maximum atomic E-state index is 13.0. The summed E-state index contributed by atoms with van der Waals surface area (Å²) in [4.78, 5) is 30.7. The van der Waals surface area contributed by atoms with Crippen molar-refractivity contribution in [2.24, 2.45) is 0 Å². The number of ether oxygens (including phenoxy) is 1. The van der Waals surface area contributed by atoms with Gasteiger partial charge in [0, 0.05) is 49.2 Å². The summed E-state index contributed by atoms with van der Waals surface area (Å²) in [6.45, 7) is 4.57. The molecule has 2 aromatic heterocycles. The van der Waals surface area contributed by atoms with Crippen LogP contribution in [0.25, 0.3) is 10.2 Å². The summed E-state index contributed by atoms with van der Waals surface area (Å²) in [6.07, 6.45) is 0. The van der Waals surface area contributed by atoms with Gasteiger partial charge in [0.25, 0.3) is 5.91 Å². The second-order valence-corrected chi connectivity index (χ2v) is 8.75. The highest BCUT2D eigenvalue weighted by Gasteiger charge is 2.24. The van der Waals surface area contributed by atoms with Crippen molar-refractivity contribution in [2.75, 3.05) is 43.5 Å². The lowest BCUT2D eigenvalue weighted by Crippen LogP contribution is -2.49. The second-order valence-electron chi connectivity index (χ2n) is 7.86. The third-order valence-corrected chi connectivity index (χ3v) is 6.42. The molecule has 8 nitrogen and oxygen atoms in total. The number of rotatable bonds is 5. The van der Waals surface area contributed by atoms with E-state index in [0.29, 0.717) is 37.7 Å². The molecule has 0 spiro atoms. The van der Waals surface area contributed by atoms with Crippen LogP contribution in [0.5, 0.6) is 5.75 Å². The van der Waals surface area contributed by atoms with Crippen molar-refractivity contribution in [3.05, 3.63) is 65.3 Å². The molecule has 0 aliphatic carbocycles. The lowest BCUT2D eigenvalue weighted by atomic mass is 10.1. The number of amides is 1. The Bertz CT molecular complexity index is 1280. The average Bonchev–Trinajstić information content (AvgIpc) is 3.32. The first-order valence-electron chi connectivity index (χ1n) is 10.7. The number of aryl methyl sites for hydroxylation is 1. The van der Waals surface area contributed by atoms with Gasteiger partial charge in [0.15, 0.2) is 0 Å². The Morgan fingerprint density at radius 3 is 2.58 bits per heavy atom. The summed E-state index contributed by atoms with van der Waals surface area (Å²) in [5.41, 5.74) is 5.24. The summed E-state index contributed by atoms with van der Waals surface area (Å²) >= 11 is 1.55. The molecular weight excluding hydrogens is 436 g/mol. The van der Waals surface area contributed by atoms with Gasteiger partial charge in [-0.05, 0) is 49.4 Å². The van der Waals surface area contributed by atoms with E-state index >= 15 is 0 Å². The Hall–Kier alpha value is -3.72. The molecule has 1 saturated heterocycles. The van der Waals surface area contributed by atoms with E-state index in [1.54, 1.807) is 24.0 Å². The van der Waals surface area contributed by atoms with Gasteiger partial charge in [-0.3, -0.25) is 4.79 Å². The fraction of sp³-hybridized carbons (Fsp3) is 0.250. The first-order valence-corrected chi connectivity index (χ1v) is 11.6. The predicted molar refractivity (Wildman–Crippen MR) is 131 cm³/mol. The van der Waals surface area contributed by atoms with Crippen molar-refractivity contribution >= 4 is 44.9 Å². The number of carbonyl (C=O) groups excluding carboxylic acids is 1. The normalized spacial score (nSPS) is 13.9. The van der Waals surface area contributed by atoms with Crippen molar-refractivity contribution in [3.63, 3.8) is 0 Å². The number of piperazine rings is 1. The Morgan fingerprint density at radius 1 is 1.03 bits per heavy atom. The van der Waals surface area contributed by atoms with Gasteiger partial charge in [-0.2, -0.15) is 4.98 Å². The quantitative estimate of drug-likeness (QED) is 0.480. The molecule has 1 N–H and O–H groups in total. The molecule has 1 amide bonds. The third kappa shape index (κ3) is 4.58. The van der Waals surface area contributed by atoms with Gasteiger partial charge >= 0.3 is 0 Å². The average molecular weight is 461 g/mol.